The summed E-state index contributed by atoms with van der Waals surface area (Å²) in [5.41, 5.74) is 3.60. The molecule has 0 unspecified atom stereocenters. The van der Waals surface area contributed by atoms with Crippen LogP contribution in [-0.2, 0) is 22.6 Å². The van der Waals surface area contributed by atoms with E-state index in [1.165, 1.54) is 16.2 Å². The quantitative estimate of drug-likeness (QED) is 0.122. The van der Waals surface area contributed by atoms with Gasteiger partial charge in [-0.25, -0.2) is 4.98 Å². The number of Topliss-reactive ketones (excluding diaryl/α,β-unsaturated/α-hetero) is 1. The zero-order valence-corrected chi connectivity index (χ0v) is 24.6. The van der Waals surface area contributed by atoms with Gasteiger partial charge in [-0.3, -0.25) is 14.5 Å². The number of carbonyl (C=O) groups excluding carboxylic acids is 2. The number of anilines is 1. The number of aliphatic hydroxyl groups excluding tert-OH is 1. The Morgan fingerprint density at radius 3 is 2.72 bits per heavy atom. The maximum Gasteiger partial charge on any atom is 0.301 e. The molecule has 214 valence electrons. The van der Waals surface area contributed by atoms with Crippen LogP contribution in [-0.4, -0.2) is 27.9 Å². The molecule has 3 heterocycles. The number of rotatable bonds is 6. The second-order valence-corrected chi connectivity index (χ2v) is 12.0. The van der Waals surface area contributed by atoms with E-state index in [1.807, 2.05) is 61.5 Å². The molecule has 9 heteroatoms. The van der Waals surface area contributed by atoms with E-state index in [1.54, 1.807) is 36.4 Å². The molecule has 0 saturated carbocycles. The first-order chi connectivity index (χ1) is 20.9. The molecule has 0 radical (unpaired) electrons. The molecular formula is C34H25ClN2O5S. The van der Waals surface area contributed by atoms with E-state index in [2.05, 4.69) is 4.98 Å². The van der Waals surface area contributed by atoms with Crippen LogP contribution in [0.15, 0.2) is 96.6 Å². The SMILES string of the molecule is C[C@H]1Cc2cc(C(O)=C3C(=O)C(=O)N(c4nc5ccc(Cl)cc5s4)[C@@H]3c3cccc(OCc4ccccc4)c3)ccc2O1. The molecule has 1 N–H and O–H groups in total. The monoisotopic (exact) mass is 608 g/mol. The van der Waals surface area contributed by atoms with Crippen LogP contribution in [0.4, 0.5) is 5.13 Å². The van der Waals surface area contributed by atoms with Crippen molar-refractivity contribution in [2.45, 2.75) is 32.1 Å². The Kier molecular flexibility index (Phi) is 6.88. The summed E-state index contributed by atoms with van der Waals surface area (Å²) in [5.74, 6) is -0.511. The van der Waals surface area contributed by atoms with Crippen molar-refractivity contribution in [1.82, 2.24) is 4.98 Å². The molecule has 1 amide bonds. The number of halogens is 1. The molecule has 0 spiro atoms. The summed E-state index contributed by atoms with van der Waals surface area (Å²) in [6.07, 6.45) is 0.702. The number of ether oxygens (including phenoxy) is 2. The standard InChI is InChI=1S/C34H25ClN2O5S/c1-19-14-23-15-22(10-13-27(23)42-19)31(38)29-30(21-8-5-9-25(16-21)41-18-20-6-3-2-4-7-20)37(33(40)32(29)39)34-36-26-12-11-24(35)17-28(26)43-34/h2-13,15-17,19,30,38H,14,18H2,1H3/t19-,30+/m0/s1. The lowest BCUT2D eigenvalue weighted by atomic mass is 9.94. The fourth-order valence-corrected chi connectivity index (χ4v) is 6.84. The van der Waals surface area contributed by atoms with E-state index in [0.717, 1.165) is 21.6 Å². The lowest BCUT2D eigenvalue weighted by molar-refractivity contribution is -0.132. The molecule has 0 aliphatic carbocycles. The van der Waals surface area contributed by atoms with Crippen LogP contribution in [0.5, 0.6) is 11.5 Å². The van der Waals surface area contributed by atoms with E-state index < -0.39 is 17.7 Å². The van der Waals surface area contributed by atoms with Gasteiger partial charge in [0.1, 0.15) is 30.0 Å². The van der Waals surface area contributed by atoms with E-state index in [0.29, 0.717) is 45.6 Å². The van der Waals surface area contributed by atoms with Gasteiger partial charge in [-0.05, 0) is 72.1 Å². The van der Waals surface area contributed by atoms with E-state index in [9.17, 15) is 14.7 Å². The highest BCUT2D eigenvalue weighted by atomic mass is 35.5. The number of benzene rings is 4. The van der Waals surface area contributed by atoms with Gasteiger partial charge in [0.2, 0.25) is 0 Å². The predicted octanol–water partition coefficient (Wildman–Crippen LogP) is 7.48. The summed E-state index contributed by atoms with van der Waals surface area (Å²) in [4.78, 5) is 33.5. The van der Waals surface area contributed by atoms with Gasteiger partial charge in [-0.15, -0.1) is 0 Å². The first-order valence-electron chi connectivity index (χ1n) is 13.8. The molecule has 4 aromatic carbocycles. The van der Waals surface area contributed by atoms with Crippen molar-refractivity contribution in [2.24, 2.45) is 0 Å². The van der Waals surface area contributed by atoms with Crippen LogP contribution in [0.25, 0.3) is 16.0 Å². The van der Waals surface area contributed by atoms with Gasteiger partial charge in [0.15, 0.2) is 5.13 Å². The van der Waals surface area contributed by atoms with Gasteiger partial charge < -0.3 is 14.6 Å². The van der Waals surface area contributed by atoms with Gasteiger partial charge >= 0.3 is 5.91 Å². The Labute approximate surface area is 256 Å². The maximum atomic E-state index is 13.7. The summed E-state index contributed by atoms with van der Waals surface area (Å²) in [5, 5.41) is 12.5. The minimum Gasteiger partial charge on any atom is -0.507 e. The highest BCUT2D eigenvalue weighted by molar-refractivity contribution is 7.22. The minimum atomic E-state index is -0.945. The van der Waals surface area contributed by atoms with E-state index >= 15 is 0 Å². The zero-order chi connectivity index (χ0) is 29.7. The third-order valence-corrected chi connectivity index (χ3v) is 8.83. The number of nitrogens with zero attached hydrogens (tertiary/aromatic N) is 2. The molecule has 1 aromatic heterocycles. The lowest BCUT2D eigenvalue weighted by Gasteiger charge is -2.23. The van der Waals surface area contributed by atoms with Crippen molar-refractivity contribution in [2.75, 3.05) is 4.90 Å². The molecule has 43 heavy (non-hydrogen) atoms. The number of fused-ring (bicyclic) bond motifs is 2. The number of amides is 1. The minimum absolute atomic E-state index is 0.0177. The summed E-state index contributed by atoms with van der Waals surface area (Å²) in [6, 6.07) is 26.6. The second-order valence-electron chi connectivity index (χ2n) is 10.6. The normalized spacial score (nSPS) is 19.1. The molecule has 0 bridgehead atoms. The van der Waals surface area contributed by atoms with Crippen LogP contribution in [0.2, 0.25) is 5.02 Å². The Hall–Kier alpha value is -4.66. The van der Waals surface area contributed by atoms with Crippen LogP contribution < -0.4 is 14.4 Å². The van der Waals surface area contributed by atoms with Crippen molar-refractivity contribution in [1.29, 1.82) is 0 Å². The first-order valence-corrected chi connectivity index (χ1v) is 15.0. The van der Waals surface area contributed by atoms with Crippen molar-refractivity contribution < 1.29 is 24.2 Å². The molecule has 5 aromatic rings. The number of aliphatic hydroxyl groups is 1. The van der Waals surface area contributed by atoms with Gasteiger partial charge in [0.25, 0.3) is 5.78 Å². The van der Waals surface area contributed by atoms with Gasteiger partial charge in [0.05, 0.1) is 21.8 Å². The second kappa shape index (κ2) is 10.9. The third kappa shape index (κ3) is 5.02. The van der Waals surface area contributed by atoms with Crippen molar-refractivity contribution in [3.8, 4) is 11.5 Å². The van der Waals surface area contributed by atoms with Crippen LogP contribution in [0.1, 0.15) is 35.2 Å². The Bertz CT molecular complexity index is 1940. The Morgan fingerprint density at radius 2 is 1.88 bits per heavy atom. The summed E-state index contributed by atoms with van der Waals surface area (Å²) < 4.78 is 12.7. The van der Waals surface area contributed by atoms with Crippen molar-refractivity contribution in [3.05, 3.63) is 124 Å². The Morgan fingerprint density at radius 1 is 1.05 bits per heavy atom. The van der Waals surface area contributed by atoms with Crippen LogP contribution in [0.3, 0.4) is 0 Å². The fraction of sp³-hybridized carbons (Fsp3) is 0.147. The van der Waals surface area contributed by atoms with E-state index in [-0.39, 0.29) is 17.4 Å². The number of hydrogen-bond acceptors (Lipinski definition) is 7. The highest BCUT2D eigenvalue weighted by Crippen LogP contribution is 2.45. The zero-order valence-electron chi connectivity index (χ0n) is 23.0. The smallest absolute Gasteiger partial charge is 0.301 e. The van der Waals surface area contributed by atoms with Gasteiger partial charge in [0, 0.05) is 17.0 Å². The summed E-state index contributed by atoms with van der Waals surface area (Å²) in [7, 11) is 0. The number of ketones is 1. The molecule has 2 aliphatic rings. The largest absolute Gasteiger partial charge is 0.507 e. The maximum absolute atomic E-state index is 13.7. The van der Waals surface area contributed by atoms with Crippen molar-refractivity contribution in [3.63, 3.8) is 0 Å². The first kappa shape index (κ1) is 27.2. The molecule has 1 saturated heterocycles. The average molecular weight is 609 g/mol. The average Bonchev–Trinajstić information content (AvgIpc) is 3.68. The number of hydrogen-bond donors (Lipinski definition) is 1. The van der Waals surface area contributed by atoms with Crippen LogP contribution in [0, 0.1) is 0 Å². The van der Waals surface area contributed by atoms with Crippen LogP contribution >= 0.6 is 22.9 Å². The molecule has 2 atom stereocenters. The topological polar surface area (TPSA) is 89.0 Å². The molecule has 1 fully saturated rings. The van der Waals surface area contributed by atoms with Crippen molar-refractivity contribution >= 4 is 55.7 Å². The lowest BCUT2D eigenvalue weighted by Crippen LogP contribution is -2.29. The third-order valence-electron chi connectivity index (χ3n) is 7.58. The fourth-order valence-electron chi connectivity index (χ4n) is 5.57. The highest BCUT2D eigenvalue weighted by Gasteiger charge is 2.48. The number of aromatic nitrogens is 1. The number of thiazole rings is 1. The van der Waals surface area contributed by atoms with Gasteiger partial charge in [-0.2, -0.15) is 0 Å². The number of carbonyl (C=O) groups is 2. The molecule has 7 rings (SSSR count). The summed E-state index contributed by atoms with van der Waals surface area (Å²) in [6.45, 7) is 2.32. The van der Waals surface area contributed by atoms with E-state index in [4.69, 9.17) is 21.1 Å². The molecular weight excluding hydrogens is 584 g/mol. The predicted molar refractivity (Wildman–Crippen MR) is 167 cm³/mol. The van der Waals surface area contributed by atoms with Gasteiger partial charge in [-0.1, -0.05) is 65.4 Å². The Balaban J connectivity index is 1.35. The molecule has 7 nitrogen and oxygen atoms in total. The molecule has 2 aliphatic heterocycles. The summed E-state index contributed by atoms with van der Waals surface area (Å²) >= 11 is 7.47.